The first-order valence-electron chi connectivity index (χ1n) is 23.0. The fraction of sp³-hybridized carbons (Fsp3) is 0.851. The highest BCUT2D eigenvalue weighted by atomic mass is 16.3. The lowest BCUT2D eigenvalue weighted by atomic mass is 9.87. The van der Waals surface area contributed by atoms with Crippen LogP contribution in [-0.4, -0.2) is 29.0 Å². The zero-order valence-corrected chi connectivity index (χ0v) is 34.3. The van der Waals surface area contributed by atoms with Crippen LogP contribution in [0.5, 0.6) is 5.75 Å². The SMILES string of the molecule is CCCCCCCCCCCCCCCCCCN(CCCCCCCCCCCCCCCCCC)C(=O)c1cc(N)c2c(c1O)CCCC2. The van der Waals surface area contributed by atoms with E-state index in [0.29, 0.717) is 11.3 Å². The molecule has 296 valence electrons. The van der Waals surface area contributed by atoms with E-state index in [0.717, 1.165) is 62.7 Å². The van der Waals surface area contributed by atoms with Gasteiger partial charge in [0.25, 0.3) is 5.91 Å². The summed E-state index contributed by atoms with van der Waals surface area (Å²) < 4.78 is 0. The topological polar surface area (TPSA) is 66.6 Å². The van der Waals surface area contributed by atoms with Crippen molar-refractivity contribution >= 4 is 11.6 Å². The van der Waals surface area contributed by atoms with Gasteiger partial charge in [-0.2, -0.15) is 0 Å². The van der Waals surface area contributed by atoms with Crippen molar-refractivity contribution in [2.24, 2.45) is 0 Å². The van der Waals surface area contributed by atoms with E-state index >= 15 is 0 Å². The molecule has 0 fully saturated rings. The summed E-state index contributed by atoms with van der Waals surface area (Å²) in [6.07, 6.45) is 47.2. The van der Waals surface area contributed by atoms with Gasteiger partial charge in [0.2, 0.25) is 0 Å². The number of carbonyl (C=O) groups excluding carboxylic acids is 1. The summed E-state index contributed by atoms with van der Waals surface area (Å²) in [5.41, 5.74) is 9.56. The molecule has 0 spiro atoms. The van der Waals surface area contributed by atoms with Gasteiger partial charge in [0.05, 0.1) is 5.56 Å². The maximum Gasteiger partial charge on any atom is 0.257 e. The number of fused-ring (bicyclic) bond motifs is 1. The van der Waals surface area contributed by atoms with E-state index in [1.807, 2.05) is 4.90 Å². The third-order valence-electron chi connectivity index (χ3n) is 11.7. The molecule has 3 N–H and O–H groups in total. The Kier molecular flexibility index (Phi) is 28.3. The van der Waals surface area contributed by atoms with Gasteiger partial charge in [0.15, 0.2) is 0 Å². The Morgan fingerprint density at radius 3 is 1.14 bits per heavy atom. The minimum atomic E-state index is -0.0190. The van der Waals surface area contributed by atoms with Gasteiger partial charge in [-0.05, 0) is 55.7 Å². The molecule has 0 bridgehead atoms. The molecule has 0 unspecified atom stereocenters. The lowest BCUT2D eigenvalue weighted by molar-refractivity contribution is 0.0746. The molecule has 0 aliphatic heterocycles. The van der Waals surface area contributed by atoms with Crippen LogP contribution >= 0.6 is 0 Å². The maximum atomic E-state index is 13.9. The van der Waals surface area contributed by atoms with Gasteiger partial charge in [0.1, 0.15) is 5.75 Å². The van der Waals surface area contributed by atoms with Crippen LogP contribution in [-0.2, 0) is 12.8 Å². The number of hydrogen-bond acceptors (Lipinski definition) is 3. The molecule has 1 aromatic carbocycles. The Morgan fingerprint density at radius 2 is 0.804 bits per heavy atom. The number of rotatable bonds is 35. The number of phenolic OH excluding ortho intramolecular Hbond substituents is 1. The first-order chi connectivity index (χ1) is 25.1. The number of nitrogens with zero attached hydrogens (tertiary/aromatic N) is 1. The first kappa shape index (κ1) is 45.4. The molecule has 0 atom stereocenters. The second-order valence-electron chi connectivity index (χ2n) is 16.4. The molecule has 4 heteroatoms. The largest absolute Gasteiger partial charge is 0.507 e. The summed E-state index contributed by atoms with van der Waals surface area (Å²) in [5.74, 6) is 0.183. The molecule has 1 aliphatic carbocycles. The van der Waals surface area contributed by atoms with Gasteiger partial charge < -0.3 is 15.7 Å². The highest BCUT2D eigenvalue weighted by molar-refractivity contribution is 5.98. The van der Waals surface area contributed by atoms with Crippen molar-refractivity contribution in [3.63, 3.8) is 0 Å². The average molecular weight is 711 g/mol. The van der Waals surface area contributed by atoms with Gasteiger partial charge in [-0.1, -0.05) is 206 Å². The Morgan fingerprint density at radius 1 is 0.510 bits per heavy atom. The number of benzene rings is 1. The van der Waals surface area contributed by atoms with E-state index < -0.39 is 0 Å². The zero-order chi connectivity index (χ0) is 36.6. The van der Waals surface area contributed by atoms with Crippen LogP contribution in [0.2, 0.25) is 0 Å². The number of phenols is 1. The summed E-state index contributed by atoms with van der Waals surface area (Å²) in [5, 5.41) is 11.2. The van der Waals surface area contributed by atoms with Crippen molar-refractivity contribution in [2.45, 2.75) is 245 Å². The molecule has 0 radical (unpaired) electrons. The van der Waals surface area contributed by atoms with E-state index in [4.69, 9.17) is 5.73 Å². The van der Waals surface area contributed by atoms with Crippen molar-refractivity contribution in [2.75, 3.05) is 18.8 Å². The third kappa shape index (κ3) is 21.6. The van der Waals surface area contributed by atoms with Crippen molar-refractivity contribution < 1.29 is 9.90 Å². The predicted molar refractivity (Wildman–Crippen MR) is 224 cm³/mol. The minimum absolute atomic E-state index is 0.0190. The molecule has 1 aromatic rings. The highest BCUT2D eigenvalue weighted by Gasteiger charge is 2.25. The van der Waals surface area contributed by atoms with Crippen molar-refractivity contribution in [3.8, 4) is 5.75 Å². The van der Waals surface area contributed by atoms with E-state index in [1.165, 1.54) is 193 Å². The zero-order valence-electron chi connectivity index (χ0n) is 34.3. The predicted octanol–water partition coefficient (Wildman–Crippen LogP) is 14.8. The Balaban J connectivity index is 1.64. The number of nitrogens with two attached hydrogens (primary N) is 1. The second-order valence-corrected chi connectivity index (χ2v) is 16.4. The van der Waals surface area contributed by atoms with Crippen molar-refractivity contribution in [1.82, 2.24) is 4.90 Å². The third-order valence-corrected chi connectivity index (χ3v) is 11.7. The monoisotopic (exact) mass is 711 g/mol. The summed E-state index contributed by atoms with van der Waals surface area (Å²) >= 11 is 0. The van der Waals surface area contributed by atoms with Crippen LogP contribution in [0.1, 0.15) is 254 Å². The summed E-state index contributed by atoms with van der Waals surface area (Å²) in [7, 11) is 0. The number of amides is 1. The van der Waals surface area contributed by atoms with E-state index in [1.54, 1.807) is 6.07 Å². The molecular weight excluding hydrogens is 625 g/mol. The number of anilines is 1. The molecule has 1 aliphatic rings. The quantitative estimate of drug-likeness (QED) is 0.0419. The Hall–Kier alpha value is -1.71. The molecule has 2 rings (SSSR count). The lowest BCUT2D eigenvalue weighted by Crippen LogP contribution is -2.33. The molecule has 0 heterocycles. The first-order valence-corrected chi connectivity index (χ1v) is 23.0. The fourth-order valence-electron chi connectivity index (χ4n) is 8.31. The van der Waals surface area contributed by atoms with Crippen LogP contribution in [0.3, 0.4) is 0 Å². The lowest BCUT2D eigenvalue weighted by Gasteiger charge is -2.26. The van der Waals surface area contributed by atoms with Crippen molar-refractivity contribution in [3.05, 3.63) is 22.8 Å². The average Bonchev–Trinajstić information content (AvgIpc) is 3.14. The normalized spacial score (nSPS) is 12.7. The standard InChI is InChI=1S/C47H86N2O2/c1-3-5-7-9-11-13-15-17-19-21-23-25-27-29-31-35-39-49(47(51)44-41-45(48)42-37-33-34-38-43(42)46(44)50)40-36-32-30-28-26-24-22-20-18-16-14-12-10-8-6-4-2/h41,50H,3-40,48H2,1-2H3. The molecule has 51 heavy (non-hydrogen) atoms. The van der Waals surface area contributed by atoms with Crippen LogP contribution in [0, 0.1) is 0 Å². The molecular formula is C47H86N2O2. The van der Waals surface area contributed by atoms with Crippen LogP contribution in [0.4, 0.5) is 5.69 Å². The molecule has 0 saturated carbocycles. The summed E-state index contributed by atoms with van der Waals surface area (Å²) in [6, 6.07) is 1.77. The van der Waals surface area contributed by atoms with Gasteiger partial charge in [-0.15, -0.1) is 0 Å². The van der Waals surface area contributed by atoms with E-state index in [2.05, 4.69) is 13.8 Å². The Labute approximate surface area is 317 Å². The van der Waals surface area contributed by atoms with Crippen molar-refractivity contribution in [1.29, 1.82) is 0 Å². The summed E-state index contributed by atoms with van der Waals surface area (Å²) in [6.45, 7) is 6.15. The van der Waals surface area contributed by atoms with Gasteiger partial charge >= 0.3 is 0 Å². The van der Waals surface area contributed by atoms with Crippen LogP contribution in [0.15, 0.2) is 6.07 Å². The Bertz CT molecular complexity index is 940. The smallest absolute Gasteiger partial charge is 0.257 e. The molecule has 1 amide bonds. The highest BCUT2D eigenvalue weighted by Crippen LogP contribution is 2.36. The number of unbranched alkanes of at least 4 members (excludes halogenated alkanes) is 30. The second kappa shape index (κ2) is 31.8. The number of hydrogen-bond donors (Lipinski definition) is 2. The molecule has 0 aromatic heterocycles. The summed E-state index contributed by atoms with van der Waals surface area (Å²) in [4.78, 5) is 15.9. The van der Waals surface area contributed by atoms with Crippen LogP contribution in [0.25, 0.3) is 0 Å². The van der Waals surface area contributed by atoms with Gasteiger partial charge in [-0.25, -0.2) is 0 Å². The van der Waals surface area contributed by atoms with Gasteiger partial charge in [0, 0.05) is 18.8 Å². The molecule has 4 nitrogen and oxygen atoms in total. The van der Waals surface area contributed by atoms with E-state index in [-0.39, 0.29) is 11.7 Å². The number of aromatic hydroxyl groups is 1. The molecule has 0 saturated heterocycles. The van der Waals surface area contributed by atoms with Crippen LogP contribution < -0.4 is 5.73 Å². The maximum absolute atomic E-state index is 13.9. The van der Waals surface area contributed by atoms with E-state index in [9.17, 15) is 9.90 Å². The number of carbonyl (C=O) groups is 1. The fourth-order valence-corrected chi connectivity index (χ4v) is 8.31. The minimum Gasteiger partial charge on any atom is -0.507 e. The van der Waals surface area contributed by atoms with Gasteiger partial charge in [-0.3, -0.25) is 4.79 Å². The number of nitrogen functional groups attached to an aromatic ring is 1.